The number of pyridine rings is 4. The lowest BCUT2D eigenvalue weighted by molar-refractivity contribution is 1.08. The van der Waals surface area contributed by atoms with Crippen LogP contribution in [0.3, 0.4) is 0 Å². The molecule has 5 aromatic heterocycles. The van der Waals surface area contributed by atoms with E-state index < -0.39 is 0 Å². The number of fused-ring (bicyclic) bond motifs is 5. The normalized spacial score (nSPS) is 11.4. The van der Waals surface area contributed by atoms with Gasteiger partial charge in [-0.25, -0.2) is 9.97 Å². The second kappa shape index (κ2) is 16.0. The molecule has 0 atom stereocenters. The van der Waals surface area contributed by atoms with Crippen LogP contribution >= 0.6 is 0 Å². The van der Waals surface area contributed by atoms with Gasteiger partial charge in [0.1, 0.15) is 11.6 Å². The van der Waals surface area contributed by atoms with Crippen molar-refractivity contribution < 1.29 is 0 Å². The molecule has 280 valence electrons. The SMILES string of the molecule is CCC.Cc1ccccc1.c1ccc(-c2ccnc(N3c4cc5c(cc4-c4cccc6cccc3c46)c3ccccc3n5-c3cc(-c4ccccn4)ccn3)c2)nc1. The Kier molecular flexibility index (Phi) is 9.97. The number of nitrogens with zero attached hydrogens (tertiary/aromatic N) is 6. The summed E-state index contributed by atoms with van der Waals surface area (Å²) in [5.41, 5.74) is 11.9. The molecular formula is C52H42N6. The summed E-state index contributed by atoms with van der Waals surface area (Å²) in [7, 11) is 0. The highest BCUT2D eigenvalue weighted by Gasteiger charge is 2.29. The Morgan fingerprint density at radius 3 is 1.72 bits per heavy atom. The molecule has 0 fully saturated rings. The van der Waals surface area contributed by atoms with Gasteiger partial charge in [0.05, 0.1) is 33.8 Å². The van der Waals surface area contributed by atoms with Crippen molar-refractivity contribution in [2.24, 2.45) is 0 Å². The molecule has 6 heterocycles. The van der Waals surface area contributed by atoms with Crippen molar-refractivity contribution in [3.8, 4) is 39.5 Å². The summed E-state index contributed by atoms with van der Waals surface area (Å²) in [5.74, 6) is 1.67. The molecule has 10 aromatic rings. The van der Waals surface area contributed by atoms with E-state index in [0.717, 1.165) is 62.1 Å². The Hall–Kier alpha value is -7.44. The number of hydrogen-bond donors (Lipinski definition) is 0. The highest BCUT2D eigenvalue weighted by atomic mass is 15.2. The first-order valence-electron chi connectivity index (χ1n) is 19.8. The van der Waals surface area contributed by atoms with Crippen LogP contribution in [0.25, 0.3) is 72.0 Å². The van der Waals surface area contributed by atoms with Gasteiger partial charge in [0.15, 0.2) is 0 Å². The molecule has 5 aromatic carbocycles. The Bertz CT molecular complexity index is 3010. The Morgan fingerprint density at radius 2 is 1.07 bits per heavy atom. The molecule has 0 N–H and O–H groups in total. The zero-order valence-corrected chi connectivity index (χ0v) is 32.8. The van der Waals surface area contributed by atoms with Crippen molar-refractivity contribution in [3.05, 3.63) is 194 Å². The van der Waals surface area contributed by atoms with Crippen molar-refractivity contribution in [2.75, 3.05) is 4.90 Å². The minimum absolute atomic E-state index is 0.832. The fourth-order valence-electron chi connectivity index (χ4n) is 7.76. The monoisotopic (exact) mass is 750 g/mol. The maximum Gasteiger partial charge on any atom is 0.138 e. The van der Waals surface area contributed by atoms with Crippen molar-refractivity contribution in [1.29, 1.82) is 0 Å². The lowest BCUT2D eigenvalue weighted by atomic mass is 9.90. The van der Waals surface area contributed by atoms with E-state index >= 15 is 0 Å². The van der Waals surface area contributed by atoms with Gasteiger partial charge >= 0.3 is 0 Å². The largest absolute Gasteiger partial charge is 0.294 e. The van der Waals surface area contributed by atoms with Gasteiger partial charge < -0.3 is 0 Å². The molecule has 0 bridgehead atoms. The topological polar surface area (TPSA) is 59.7 Å². The summed E-state index contributed by atoms with van der Waals surface area (Å²) in [6, 6.07) is 56.9. The average Bonchev–Trinajstić information content (AvgIpc) is 3.61. The summed E-state index contributed by atoms with van der Waals surface area (Å²) in [6.07, 6.45) is 8.65. The van der Waals surface area contributed by atoms with Gasteiger partial charge in [0.2, 0.25) is 0 Å². The predicted octanol–water partition coefficient (Wildman–Crippen LogP) is 13.7. The Morgan fingerprint density at radius 1 is 0.448 bits per heavy atom. The summed E-state index contributed by atoms with van der Waals surface area (Å²) >= 11 is 0. The van der Waals surface area contributed by atoms with E-state index in [1.54, 1.807) is 0 Å². The molecule has 6 heteroatoms. The highest BCUT2D eigenvalue weighted by Crippen LogP contribution is 2.52. The third-order valence-electron chi connectivity index (χ3n) is 10.3. The second-order valence-corrected chi connectivity index (χ2v) is 14.4. The number of aryl methyl sites for hydroxylation is 1. The molecule has 11 rings (SSSR count). The summed E-state index contributed by atoms with van der Waals surface area (Å²) in [4.78, 5) is 21.4. The van der Waals surface area contributed by atoms with E-state index in [2.05, 4.69) is 137 Å². The number of para-hydroxylation sites is 1. The van der Waals surface area contributed by atoms with Crippen molar-refractivity contribution in [1.82, 2.24) is 24.5 Å². The smallest absolute Gasteiger partial charge is 0.138 e. The number of aromatic nitrogens is 5. The number of anilines is 3. The Labute approximate surface area is 338 Å². The third-order valence-corrected chi connectivity index (χ3v) is 10.3. The average molecular weight is 751 g/mol. The molecule has 0 spiro atoms. The van der Waals surface area contributed by atoms with Crippen LogP contribution < -0.4 is 4.90 Å². The fourth-order valence-corrected chi connectivity index (χ4v) is 7.76. The first-order chi connectivity index (χ1) is 28.6. The van der Waals surface area contributed by atoms with E-state index in [4.69, 9.17) is 9.97 Å². The van der Waals surface area contributed by atoms with Crippen LogP contribution in [0, 0.1) is 6.92 Å². The van der Waals surface area contributed by atoms with E-state index in [1.807, 2.05) is 91.5 Å². The standard InChI is InChI=1S/C42H26N6.C7H8.C3H8/c1-2-15-36-30(11-1)32-25-33-31-12-7-9-27-10-8-16-37(42(27)31)48(41-24-29(18-22-46-41)35-14-4-6-20-44-35)39(33)26-38(32)47(36)40-23-28(17-21-45-40)34-13-3-5-19-43-34;1-7-5-3-2-4-6-7;1-3-2/h1-26H;2-6H,1H3;3H2,1-2H3. The highest BCUT2D eigenvalue weighted by molar-refractivity contribution is 6.18. The van der Waals surface area contributed by atoms with Crippen LogP contribution in [-0.4, -0.2) is 24.5 Å². The Balaban J connectivity index is 0.000000388. The first-order valence-corrected chi connectivity index (χ1v) is 19.8. The predicted molar refractivity (Wildman–Crippen MR) is 241 cm³/mol. The van der Waals surface area contributed by atoms with Crippen LogP contribution in [0.5, 0.6) is 0 Å². The van der Waals surface area contributed by atoms with Gasteiger partial charge in [0, 0.05) is 57.6 Å². The van der Waals surface area contributed by atoms with Gasteiger partial charge in [0.25, 0.3) is 0 Å². The fraction of sp³-hybridized carbons (Fsp3) is 0.0769. The molecule has 6 nitrogen and oxygen atoms in total. The van der Waals surface area contributed by atoms with Gasteiger partial charge in [-0.15, -0.1) is 0 Å². The lowest BCUT2D eigenvalue weighted by Gasteiger charge is -2.33. The molecular weight excluding hydrogens is 709 g/mol. The quantitative estimate of drug-likeness (QED) is 0.179. The second-order valence-electron chi connectivity index (χ2n) is 14.4. The molecule has 0 radical (unpaired) electrons. The van der Waals surface area contributed by atoms with Gasteiger partial charge in [-0.05, 0) is 90.7 Å². The first kappa shape index (κ1) is 36.2. The van der Waals surface area contributed by atoms with E-state index in [1.165, 1.54) is 39.1 Å². The van der Waals surface area contributed by atoms with Crippen LogP contribution in [0.15, 0.2) is 189 Å². The third kappa shape index (κ3) is 6.75. The van der Waals surface area contributed by atoms with E-state index in [9.17, 15) is 0 Å². The summed E-state index contributed by atoms with van der Waals surface area (Å²) in [6.45, 7) is 6.33. The lowest BCUT2D eigenvalue weighted by Crippen LogP contribution is -2.16. The maximum atomic E-state index is 4.97. The van der Waals surface area contributed by atoms with Crippen molar-refractivity contribution in [3.63, 3.8) is 0 Å². The minimum Gasteiger partial charge on any atom is -0.294 e. The molecule has 0 unspecified atom stereocenters. The molecule has 0 saturated heterocycles. The number of benzene rings is 5. The molecule has 1 aliphatic heterocycles. The number of hydrogen-bond acceptors (Lipinski definition) is 5. The summed E-state index contributed by atoms with van der Waals surface area (Å²) < 4.78 is 2.27. The van der Waals surface area contributed by atoms with Crippen LogP contribution in [0.1, 0.15) is 25.8 Å². The molecule has 0 amide bonds. The number of rotatable bonds is 4. The molecule has 1 aliphatic rings. The zero-order chi connectivity index (χ0) is 39.4. The molecule has 58 heavy (non-hydrogen) atoms. The van der Waals surface area contributed by atoms with Crippen molar-refractivity contribution >= 4 is 49.8 Å². The summed E-state index contributed by atoms with van der Waals surface area (Å²) in [5, 5.41) is 4.75. The van der Waals surface area contributed by atoms with Gasteiger partial charge in [-0.3, -0.25) is 19.4 Å². The van der Waals surface area contributed by atoms with Gasteiger partial charge in [-0.2, -0.15) is 0 Å². The zero-order valence-electron chi connectivity index (χ0n) is 32.8. The van der Waals surface area contributed by atoms with Gasteiger partial charge in [-0.1, -0.05) is 117 Å². The van der Waals surface area contributed by atoms with Crippen LogP contribution in [0.4, 0.5) is 17.2 Å². The van der Waals surface area contributed by atoms with Crippen LogP contribution in [0.2, 0.25) is 0 Å². The molecule has 0 saturated carbocycles. The molecule has 0 aliphatic carbocycles. The van der Waals surface area contributed by atoms with E-state index in [0.29, 0.717) is 0 Å². The maximum absolute atomic E-state index is 4.97. The minimum atomic E-state index is 0.832. The van der Waals surface area contributed by atoms with Crippen LogP contribution in [-0.2, 0) is 0 Å². The van der Waals surface area contributed by atoms with Crippen molar-refractivity contribution in [2.45, 2.75) is 27.2 Å². The van der Waals surface area contributed by atoms with E-state index in [-0.39, 0.29) is 0 Å².